The maximum Gasteiger partial charge on any atom is 0.416 e. The first-order chi connectivity index (χ1) is 18.6. The maximum absolute atomic E-state index is 14.8. The Morgan fingerprint density at radius 1 is 1.20 bits per heavy atom. The van der Waals surface area contributed by atoms with Crippen LogP contribution in [0, 0.1) is 28.4 Å². The van der Waals surface area contributed by atoms with Crippen molar-refractivity contribution in [2.45, 2.75) is 44.3 Å². The molecule has 2 aliphatic rings. The minimum atomic E-state index is -4.68. The van der Waals surface area contributed by atoms with Gasteiger partial charge < -0.3 is 4.74 Å². The van der Waals surface area contributed by atoms with Gasteiger partial charge in [-0.2, -0.15) is 18.4 Å². The molecule has 0 unspecified atom stereocenters. The summed E-state index contributed by atoms with van der Waals surface area (Å²) in [5.41, 5.74) is -2.16. The lowest BCUT2D eigenvalue weighted by Crippen LogP contribution is -2.42. The van der Waals surface area contributed by atoms with Crippen LogP contribution in [0.25, 0.3) is 0 Å². The Kier molecular flexibility index (Phi) is 8.36. The van der Waals surface area contributed by atoms with Crippen molar-refractivity contribution >= 4 is 27.5 Å². The molecule has 0 aromatic heterocycles. The molecule has 2 fully saturated rings. The van der Waals surface area contributed by atoms with Gasteiger partial charge in [0.2, 0.25) is 10.0 Å². The Balaban J connectivity index is 1.45. The highest BCUT2D eigenvalue weighted by Gasteiger charge is 2.38. The maximum atomic E-state index is 14.8. The normalized spacial score (nSPS) is 17.8. The van der Waals surface area contributed by atoms with Crippen LogP contribution in [0.5, 0.6) is 5.75 Å². The fraction of sp³-hybridized carbons (Fsp3) is 0.462. The number of alkyl halides is 3. The molecule has 7 nitrogen and oxygen atoms in total. The molecule has 0 radical (unpaired) electrons. The Hall–Kier alpha value is -2.95. The van der Waals surface area contributed by atoms with Crippen LogP contribution in [0.1, 0.15) is 58.6 Å². The number of nitrogens with zero attached hydrogens (tertiary/aromatic N) is 2. The molecule has 40 heavy (non-hydrogen) atoms. The number of likely N-dealkylation sites (tertiary alicyclic amines) is 1. The number of sulfonamides is 1. The summed E-state index contributed by atoms with van der Waals surface area (Å²) < 4.78 is 99.1. The van der Waals surface area contributed by atoms with Gasteiger partial charge in [0.25, 0.3) is 5.91 Å². The Labute approximate surface area is 232 Å². The summed E-state index contributed by atoms with van der Waals surface area (Å²) in [5.74, 6) is -2.88. The Morgan fingerprint density at radius 2 is 1.85 bits per heavy atom. The van der Waals surface area contributed by atoms with Crippen LogP contribution in [0.15, 0.2) is 24.3 Å². The van der Waals surface area contributed by atoms with Crippen LogP contribution in [0.3, 0.4) is 0 Å². The monoisotopic (exact) mass is 605 g/mol. The average molecular weight is 606 g/mol. The number of amides is 1. The first kappa shape index (κ1) is 30.0. The second-order valence-electron chi connectivity index (χ2n) is 10.2. The number of benzene rings is 2. The molecule has 1 aliphatic heterocycles. The SMILES string of the molecule is CS(=O)(=O)NC(=O)c1cc(C2CC2)c(OCC2(C#N)CCN(Cc3cc(C(F)(F)F)cc(Cl)c3F)CC2)cc1F. The van der Waals surface area contributed by atoms with Crippen LogP contribution in [-0.2, 0) is 22.7 Å². The smallest absolute Gasteiger partial charge is 0.416 e. The molecule has 1 N–H and O–H groups in total. The second-order valence-corrected chi connectivity index (χ2v) is 12.4. The Morgan fingerprint density at radius 3 is 2.40 bits per heavy atom. The van der Waals surface area contributed by atoms with E-state index in [9.17, 15) is 40.4 Å². The summed E-state index contributed by atoms with van der Waals surface area (Å²) >= 11 is 5.69. The van der Waals surface area contributed by atoms with Crippen molar-refractivity contribution in [2.24, 2.45) is 5.41 Å². The van der Waals surface area contributed by atoms with Gasteiger partial charge in [-0.1, -0.05) is 11.6 Å². The summed E-state index contributed by atoms with van der Waals surface area (Å²) in [5, 5.41) is 9.31. The van der Waals surface area contributed by atoms with Crippen molar-refractivity contribution < 1.29 is 39.9 Å². The number of nitrogens with one attached hydrogen (secondary N) is 1. The first-order valence-corrected chi connectivity index (χ1v) is 14.5. The number of carbonyl (C=O) groups excluding carboxylic acids is 1. The molecule has 1 heterocycles. The van der Waals surface area contributed by atoms with Gasteiger partial charge in [-0.05, 0) is 55.4 Å². The molecule has 2 aromatic rings. The summed E-state index contributed by atoms with van der Waals surface area (Å²) in [7, 11) is -3.90. The minimum Gasteiger partial charge on any atom is -0.492 e. The Bertz CT molecular complexity index is 1460. The van der Waals surface area contributed by atoms with Crippen molar-refractivity contribution in [1.82, 2.24) is 9.62 Å². The van der Waals surface area contributed by atoms with Crippen molar-refractivity contribution in [3.8, 4) is 11.8 Å². The molecule has 1 amide bonds. The molecule has 1 saturated carbocycles. The number of rotatable bonds is 8. The zero-order valence-corrected chi connectivity index (χ0v) is 22.8. The summed E-state index contributed by atoms with van der Waals surface area (Å²) in [6.07, 6.45) is -1.86. The highest BCUT2D eigenvalue weighted by atomic mass is 35.5. The zero-order valence-electron chi connectivity index (χ0n) is 21.2. The molecular formula is C26H25ClF5N3O4S. The number of hydrogen-bond donors (Lipinski definition) is 1. The van der Waals surface area contributed by atoms with Crippen molar-refractivity contribution in [3.63, 3.8) is 0 Å². The van der Waals surface area contributed by atoms with E-state index in [1.54, 1.807) is 9.62 Å². The molecule has 0 bridgehead atoms. The molecule has 1 saturated heterocycles. The third-order valence-electron chi connectivity index (χ3n) is 7.02. The topological polar surface area (TPSA) is 99.5 Å². The number of halogens is 6. The van der Waals surface area contributed by atoms with Gasteiger partial charge >= 0.3 is 6.18 Å². The standard InChI is InChI=1S/C26H25ClF5N3O4S/c1-40(37,38)34-24(36)19-10-18(15-2-3-15)22(11-21(19)28)39-14-25(13-33)4-6-35(7-5-25)12-16-8-17(26(30,31)32)9-20(27)23(16)29/h8-11,15H,2-7,12,14H2,1H3,(H,34,36). The van der Waals surface area contributed by atoms with Gasteiger partial charge in [0, 0.05) is 31.3 Å². The summed E-state index contributed by atoms with van der Waals surface area (Å²) in [6, 6.07) is 5.77. The van der Waals surface area contributed by atoms with Gasteiger partial charge in [0.05, 0.1) is 33.9 Å². The fourth-order valence-corrected chi connectivity index (χ4v) is 5.30. The van der Waals surface area contributed by atoms with Crippen molar-refractivity contribution in [2.75, 3.05) is 26.0 Å². The molecule has 14 heteroatoms. The van der Waals surface area contributed by atoms with Crippen LogP contribution >= 0.6 is 11.6 Å². The summed E-state index contributed by atoms with van der Waals surface area (Å²) in [6.45, 7) is 0.276. The van der Waals surface area contributed by atoms with E-state index in [0.29, 0.717) is 11.6 Å². The van der Waals surface area contributed by atoms with Gasteiger partial charge in [0.15, 0.2) is 0 Å². The van der Waals surface area contributed by atoms with E-state index in [0.717, 1.165) is 31.2 Å². The van der Waals surface area contributed by atoms with E-state index in [1.165, 1.54) is 6.07 Å². The van der Waals surface area contributed by atoms with Gasteiger partial charge in [-0.15, -0.1) is 0 Å². The quantitative estimate of drug-likeness (QED) is 0.405. The predicted molar refractivity (Wildman–Crippen MR) is 135 cm³/mol. The van der Waals surface area contributed by atoms with E-state index in [2.05, 4.69) is 6.07 Å². The lowest BCUT2D eigenvalue weighted by atomic mass is 9.80. The largest absolute Gasteiger partial charge is 0.492 e. The summed E-state index contributed by atoms with van der Waals surface area (Å²) in [4.78, 5) is 14.0. The first-order valence-electron chi connectivity index (χ1n) is 12.3. The fourth-order valence-electron chi connectivity index (χ4n) is 4.62. The number of piperidine rings is 1. The molecule has 0 atom stereocenters. The number of carbonyl (C=O) groups is 1. The molecule has 216 valence electrons. The third kappa shape index (κ3) is 7.03. The molecular weight excluding hydrogens is 581 g/mol. The van der Waals surface area contributed by atoms with E-state index in [-0.39, 0.29) is 56.3 Å². The lowest BCUT2D eigenvalue weighted by molar-refractivity contribution is -0.137. The molecule has 4 rings (SSSR count). The van der Waals surface area contributed by atoms with Crippen LogP contribution in [0.2, 0.25) is 5.02 Å². The van der Waals surface area contributed by atoms with Gasteiger partial charge in [-0.3, -0.25) is 9.69 Å². The number of hydrogen-bond acceptors (Lipinski definition) is 6. The van der Waals surface area contributed by atoms with E-state index >= 15 is 0 Å². The highest BCUT2D eigenvalue weighted by molar-refractivity contribution is 7.89. The third-order valence-corrected chi connectivity index (χ3v) is 7.85. The van der Waals surface area contributed by atoms with E-state index in [4.69, 9.17) is 16.3 Å². The minimum absolute atomic E-state index is 0.00514. The van der Waals surface area contributed by atoms with Crippen molar-refractivity contribution in [3.05, 3.63) is 63.2 Å². The van der Waals surface area contributed by atoms with Crippen LogP contribution in [0.4, 0.5) is 22.0 Å². The molecule has 1 aliphatic carbocycles. The lowest BCUT2D eigenvalue weighted by Gasteiger charge is -2.37. The molecule has 2 aromatic carbocycles. The molecule has 0 spiro atoms. The van der Waals surface area contributed by atoms with Gasteiger partial charge in [0.1, 0.15) is 24.0 Å². The second kappa shape index (κ2) is 11.1. The average Bonchev–Trinajstić information content (AvgIpc) is 3.70. The van der Waals surface area contributed by atoms with Crippen LogP contribution < -0.4 is 9.46 Å². The highest BCUT2D eigenvalue weighted by Crippen LogP contribution is 2.46. The van der Waals surface area contributed by atoms with Gasteiger partial charge in [-0.25, -0.2) is 21.9 Å². The van der Waals surface area contributed by atoms with E-state index in [1.807, 2.05) is 0 Å². The predicted octanol–water partition coefficient (Wildman–Crippen LogP) is 5.39. The van der Waals surface area contributed by atoms with E-state index < -0.39 is 55.3 Å². The van der Waals surface area contributed by atoms with Crippen molar-refractivity contribution in [1.29, 1.82) is 5.26 Å². The zero-order chi connectivity index (χ0) is 29.5. The van der Waals surface area contributed by atoms with Crippen LogP contribution in [-0.4, -0.2) is 45.2 Å². The number of ether oxygens (including phenoxy) is 1. The number of nitriles is 1.